The molecule has 0 spiro atoms. The molecule has 1 heterocycles. The van der Waals surface area contributed by atoms with Gasteiger partial charge in [-0.2, -0.15) is 0 Å². The molecule has 0 aliphatic carbocycles. The first-order chi connectivity index (χ1) is 9.83. The number of urea groups is 1. The van der Waals surface area contributed by atoms with Crippen molar-refractivity contribution in [3.8, 4) is 0 Å². The van der Waals surface area contributed by atoms with Gasteiger partial charge in [-0.05, 0) is 17.5 Å². The Hall–Kier alpha value is -2.29. The molecule has 1 aliphatic rings. The van der Waals surface area contributed by atoms with E-state index in [-0.39, 0.29) is 12.1 Å². The molecule has 2 aromatic rings. The molecule has 3 nitrogen and oxygen atoms in total. The summed E-state index contributed by atoms with van der Waals surface area (Å²) in [6.45, 7) is 1.24. The normalized spacial score (nSPS) is 18.1. The number of carbonyl (C=O) groups is 1. The third-order valence-electron chi connectivity index (χ3n) is 3.63. The second kappa shape index (κ2) is 5.78. The quantitative estimate of drug-likeness (QED) is 0.837. The molecule has 101 valence electrons. The van der Waals surface area contributed by atoms with Gasteiger partial charge in [0.25, 0.3) is 0 Å². The molecule has 20 heavy (non-hydrogen) atoms. The summed E-state index contributed by atoms with van der Waals surface area (Å²) < 4.78 is 0. The van der Waals surface area contributed by atoms with Crippen LogP contribution >= 0.6 is 0 Å². The predicted molar refractivity (Wildman–Crippen MR) is 78.3 cm³/mol. The van der Waals surface area contributed by atoms with E-state index in [2.05, 4.69) is 17.4 Å². The van der Waals surface area contributed by atoms with Crippen molar-refractivity contribution in [2.24, 2.45) is 0 Å². The van der Waals surface area contributed by atoms with E-state index in [0.29, 0.717) is 13.1 Å². The zero-order valence-corrected chi connectivity index (χ0v) is 11.3. The highest BCUT2D eigenvalue weighted by molar-refractivity contribution is 5.76. The zero-order valence-electron chi connectivity index (χ0n) is 11.3. The summed E-state index contributed by atoms with van der Waals surface area (Å²) in [5.74, 6) is 0. The molecule has 1 fully saturated rings. The Kier molecular flexibility index (Phi) is 3.68. The van der Waals surface area contributed by atoms with Gasteiger partial charge in [-0.25, -0.2) is 10.1 Å². The Morgan fingerprint density at radius 3 is 2.20 bits per heavy atom. The minimum Gasteiger partial charge on any atom is -0.314 e. The molecule has 0 aromatic heterocycles. The molecule has 0 bridgehead atoms. The topological polar surface area (TPSA) is 34.4 Å². The van der Waals surface area contributed by atoms with Crippen molar-refractivity contribution >= 4 is 6.03 Å². The smallest absolute Gasteiger partial charge is 0.314 e. The molecule has 3 rings (SSSR count). The van der Waals surface area contributed by atoms with Gasteiger partial charge in [0.05, 0.1) is 12.6 Å². The summed E-state index contributed by atoms with van der Waals surface area (Å²) in [6, 6.07) is 20.4. The third kappa shape index (κ3) is 2.82. The second-order valence-electron chi connectivity index (χ2n) is 5.08. The standard InChI is InChI=1S/C17H17N2O/c20-17-18-12-16(11-14-7-3-1-4-8-14)19(17)13-15-9-5-2-6-10-15/h1-10,16H,11-13H2. The minimum absolute atomic E-state index is 0.0882. The van der Waals surface area contributed by atoms with Gasteiger partial charge < -0.3 is 4.90 Å². The van der Waals surface area contributed by atoms with Crippen LogP contribution in [0.15, 0.2) is 60.7 Å². The Bertz CT molecular complexity index is 568. The fourth-order valence-electron chi connectivity index (χ4n) is 2.57. The molecule has 2 aromatic carbocycles. The molecule has 1 atom stereocenters. The van der Waals surface area contributed by atoms with Crippen molar-refractivity contribution in [3.05, 3.63) is 71.8 Å². The van der Waals surface area contributed by atoms with Gasteiger partial charge in [-0.3, -0.25) is 0 Å². The summed E-state index contributed by atoms with van der Waals surface area (Å²) in [5, 5.41) is 4.08. The number of carbonyl (C=O) groups excluding carboxylic acids is 1. The van der Waals surface area contributed by atoms with Gasteiger partial charge in [0, 0.05) is 6.54 Å². The molecule has 0 N–H and O–H groups in total. The lowest BCUT2D eigenvalue weighted by atomic mass is 10.1. The summed E-state index contributed by atoms with van der Waals surface area (Å²) in [6.07, 6.45) is 0.864. The zero-order chi connectivity index (χ0) is 13.8. The van der Waals surface area contributed by atoms with E-state index in [1.807, 2.05) is 53.4 Å². The maximum absolute atomic E-state index is 11.9. The average molecular weight is 265 g/mol. The van der Waals surface area contributed by atoms with Crippen LogP contribution in [0.5, 0.6) is 0 Å². The van der Waals surface area contributed by atoms with Crippen molar-refractivity contribution in [1.29, 1.82) is 0 Å². The number of rotatable bonds is 4. The summed E-state index contributed by atoms with van der Waals surface area (Å²) >= 11 is 0. The molecule has 0 saturated carbocycles. The van der Waals surface area contributed by atoms with Crippen LogP contribution in [0.3, 0.4) is 0 Å². The van der Waals surface area contributed by atoms with E-state index in [4.69, 9.17) is 0 Å². The van der Waals surface area contributed by atoms with Crippen LogP contribution in [-0.4, -0.2) is 23.5 Å². The van der Waals surface area contributed by atoms with Gasteiger partial charge >= 0.3 is 6.03 Å². The van der Waals surface area contributed by atoms with Crippen LogP contribution in [0.2, 0.25) is 0 Å². The first-order valence-corrected chi connectivity index (χ1v) is 6.89. The van der Waals surface area contributed by atoms with Crippen molar-refractivity contribution in [1.82, 2.24) is 10.2 Å². The van der Waals surface area contributed by atoms with E-state index in [1.54, 1.807) is 0 Å². The largest absolute Gasteiger partial charge is 0.339 e. The first-order valence-electron chi connectivity index (χ1n) is 6.89. The van der Waals surface area contributed by atoms with Gasteiger partial charge in [0.1, 0.15) is 0 Å². The van der Waals surface area contributed by atoms with E-state index >= 15 is 0 Å². The average Bonchev–Trinajstić information content (AvgIpc) is 2.83. The van der Waals surface area contributed by atoms with E-state index in [9.17, 15) is 4.79 Å². The Balaban J connectivity index is 1.72. The second-order valence-corrected chi connectivity index (χ2v) is 5.08. The highest BCUT2D eigenvalue weighted by atomic mass is 16.2. The maximum atomic E-state index is 11.9. The van der Waals surface area contributed by atoms with Gasteiger partial charge in [0.2, 0.25) is 0 Å². The first kappa shape index (κ1) is 12.7. The van der Waals surface area contributed by atoms with Crippen LogP contribution < -0.4 is 5.32 Å². The Labute approximate surface area is 119 Å². The number of nitrogens with zero attached hydrogens (tertiary/aromatic N) is 2. The van der Waals surface area contributed by atoms with E-state index in [1.165, 1.54) is 5.56 Å². The van der Waals surface area contributed by atoms with Crippen molar-refractivity contribution in [2.75, 3.05) is 6.54 Å². The number of amides is 2. The van der Waals surface area contributed by atoms with Gasteiger partial charge in [-0.15, -0.1) is 0 Å². The molecule has 1 unspecified atom stereocenters. The SMILES string of the molecule is O=C1[N]CC(Cc2ccccc2)N1Cc1ccccc1. The van der Waals surface area contributed by atoms with E-state index in [0.717, 1.165) is 12.0 Å². The van der Waals surface area contributed by atoms with Gasteiger partial charge in [0.15, 0.2) is 0 Å². The lowest BCUT2D eigenvalue weighted by molar-refractivity contribution is 0.200. The molecule has 2 amide bonds. The van der Waals surface area contributed by atoms with Crippen LogP contribution in [-0.2, 0) is 13.0 Å². The highest BCUT2D eigenvalue weighted by Crippen LogP contribution is 2.17. The summed E-state index contributed by atoms with van der Waals surface area (Å²) in [7, 11) is 0. The fraction of sp³-hybridized carbons (Fsp3) is 0.235. The summed E-state index contributed by atoms with van der Waals surface area (Å²) in [5.41, 5.74) is 2.40. The number of hydrogen-bond donors (Lipinski definition) is 0. The van der Waals surface area contributed by atoms with Crippen LogP contribution in [0.1, 0.15) is 11.1 Å². The molecule has 3 heteroatoms. The lowest BCUT2D eigenvalue weighted by Gasteiger charge is -2.23. The minimum atomic E-state index is -0.0882. The van der Waals surface area contributed by atoms with Gasteiger partial charge in [-0.1, -0.05) is 60.7 Å². The van der Waals surface area contributed by atoms with Crippen molar-refractivity contribution < 1.29 is 4.79 Å². The fourth-order valence-corrected chi connectivity index (χ4v) is 2.57. The maximum Gasteiger partial charge on any atom is 0.339 e. The third-order valence-corrected chi connectivity index (χ3v) is 3.63. The Morgan fingerprint density at radius 2 is 1.55 bits per heavy atom. The van der Waals surface area contributed by atoms with Crippen LogP contribution in [0, 0.1) is 0 Å². The molecule has 1 saturated heterocycles. The molecule has 1 radical (unpaired) electrons. The van der Waals surface area contributed by atoms with E-state index < -0.39 is 0 Å². The van der Waals surface area contributed by atoms with Crippen LogP contribution in [0.4, 0.5) is 4.79 Å². The number of hydrogen-bond acceptors (Lipinski definition) is 1. The highest BCUT2D eigenvalue weighted by Gasteiger charge is 2.31. The summed E-state index contributed by atoms with van der Waals surface area (Å²) in [4.78, 5) is 13.8. The Morgan fingerprint density at radius 1 is 0.950 bits per heavy atom. The van der Waals surface area contributed by atoms with Crippen LogP contribution in [0.25, 0.3) is 0 Å². The molecular weight excluding hydrogens is 248 g/mol. The lowest BCUT2D eigenvalue weighted by Crippen LogP contribution is -2.34. The van der Waals surface area contributed by atoms with Crippen molar-refractivity contribution in [3.63, 3.8) is 0 Å². The van der Waals surface area contributed by atoms with Crippen molar-refractivity contribution in [2.45, 2.75) is 19.0 Å². The monoisotopic (exact) mass is 265 g/mol. The molecule has 1 aliphatic heterocycles. The number of benzene rings is 2. The molecular formula is C17H17N2O. The predicted octanol–water partition coefficient (Wildman–Crippen LogP) is 2.84.